The van der Waals surface area contributed by atoms with Crippen LogP contribution in [0, 0.1) is 24.6 Å². The number of carboxylic acid groups (broad SMARTS) is 1. The van der Waals surface area contributed by atoms with Crippen LogP contribution in [0.2, 0.25) is 0 Å². The van der Waals surface area contributed by atoms with Crippen molar-refractivity contribution in [2.75, 3.05) is 31.2 Å². The maximum atomic E-state index is 15.3. The van der Waals surface area contributed by atoms with Gasteiger partial charge in [-0.25, -0.2) is 9.18 Å². The second-order valence-electron chi connectivity index (χ2n) is 8.49. The zero-order chi connectivity index (χ0) is 21.6. The SMILES string of the molecule is Cc1c(N2CC(CCO)[C@@H](CCO)C2)c(F)cc2c(=O)c(C(=O)O)cn(C3CC3)c12. The number of aliphatic hydroxyl groups is 2. The molecule has 2 aliphatic rings. The van der Waals surface area contributed by atoms with E-state index >= 15 is 4.39 Å². The minimum absolute atomic E-state index is 0.0405. The predicted molar refractivity (Wildman–Crippen MR) is 111 cm³/mol. The van der Waals surface area contributed by atoms with Crippen molar-refractivity contribution >= 4 is 22.6 Å². The molecule has 7 nitrogen and oxygen atoms in total. The number of benzene rings is 1. The van der Waals surface area contributed by atoms with Gasteiger partial charge in [0.1, 0.15) is 11.4 Å². The highest BCUT2D eigenvalue weighted by molar-refractivity contribution is 5.95. The molecule has 8 heteroatoms. The second-order valence-corrected chi connectivity index (χ2v) is 8.49. The molecule has 1 saturated carbocycles. The molecule has 3 N–H and O–H groups in total. The van der Waals surface area contributed by atoms with Crippen molar-refractivity contribution in [3.63, 3.8) is 0 Å². The van der Waals surface area contributed by atoms with Gasteiger partial charge in [-0.1, -0.05) is 0 Å². The molecule has 1 aromatic carbocycles. The monoisotopic (exact) mass is 418 g/mol. The van der Waals surface area contributed by atoms with E-state index < -0.39 is 17.2 Å². The molecular weight excluding hydrogens is 391 g/mol. The molecule has 2 heterocycles. The van der Waals surface area contributed by atoms with Gasteiger partial charge in [0.25, 0.3) is 0 Å². The minimum atomic E-state index is -1.31. The lowest BCUT2D eigenvalue weighted by molar-refractivity contribution is 0.0694. The summed E-state index contributed by atoms with van der Waals surface area (Å²) in [4.78, 5) is 26.2. The van der Waals surface area contributed by atoms with E-state index in [2.05, 4.69) is 0 Å². The molecule has 1 aromatic heterocycles. The number of aryl methyl sites for hydroxylation is 1. The molecule has 1 aliphatic carbocycles. The van der Waals surface area contributed by atoms with Crippen molar-refractivity contribution in [2.24, 2.45) is 11.8 Å². The Balaban J connectivity index is 1.86. The average Bonchev–Trinajstić information content (AvgIpc) is 3.46. The number of halogens is 1. The second kappa shape index (κ2) is 8.00. The normalized spacial score (nSPS) is 21.5. The van der Waals surface area contributed by atoms with Gasteiger partial charge in [-0.05, 0) is 56.1 Å². The van der Waals surface area contributed by atoms with E-state index in [0.29, 0.717) is 42.7 Å². The van der Waals surface area contributed by atoms with Gasteiger partial charge in [0.2, 0.25) is 5.43 Å². The third-order valence-corrected chi connectivity index (χ3v) is 6.54. The number of rotatable bonds is 7. The highest BCUT2D eigenvalue weighted by Crippen LogP contribution is 2.41. The number of anilines is 1. The molecule has 2 aromatic rings. The van der Waals surface area contributed by atoms with Crippen LogP contribution in [-0.2, 0) is 0 Å². The lowest BCUT2D eigenvalue weighted by atomic mass is 9.91. The van der Waals surface area contributed by atoms with Gasteiger partial charge in [0.05, 0.1) is 11.2 Å². The Morgan fingerprint density at radius 3 is 2.27 bits per heavy atom. The smallest absolute Gasteiger partial charge is 0.341 e. The summed E-state index contributed by atoms with van der Waals surface area (Å²) in [7, 11) is 0. The van der Waals surface area contributed by atoms with Crippen LogP contribution >= 0.6 is 0 Å². The lowest BCUT2D eigenvalue weighted by Crippen LogP contribution is -2.25. The Kier molecular flexibility index (Phi) is 5.55. The largest absolute Gasteiger partial charge is 0.477 e. The summed E-state index contributed by atoms with van der Waals surface area (Å²) in [5.74, 6) is -1.56. The molecule has 0 amide bonds. The molecule has 0 spiro atoms. The third kappa shape index (κ3) is 3.48. The van der Waals surface area contributed by atoms with Gasteiger partial charge in [-0.2, -0.15) is 0 Å². The summed E-state index contributed by atoms with van der Waals surface area (Å²) in [6.07, 6.45) is 4.36. The average molecular weight is 418 g/mol. The van der Waals surface area contributed by atoms with Gasteiger partial charge in [0.15, 0.2) is 0 Å². The van der Waals surface area contributed by atoms with Gasteiger partial charge >= 0.3 is 5.97 Å². The van der Waals surface area contributed by atoms with Crippen LogP contribution in [0.25, 0.3) is 10.9 Å². The lowest BCUT2D eigenvalue weighted by Gasteiger charge is -2.24. The van der Waals surface area contributed by atoms with Crippen LogP contribution in [0.5, 0.6) is 0 Å². The Morgan fingerprint density at radius 2 is 1.77 bits per heavy atom. The van der Waals surface area contributed by atoms with Crippen molar-refractivity contribution in [1.29, 1.82) is 0 Å². The highest BCUT2D eigenvalue weighted by atomic mass is 19.1. The van der Waals surface area contributed by atoms with Gasteiger partial charge < -0.3 is 24.8 Å². The van der Waals surface area contributed by atoms with Crippen molar-refractivity contribution < 1.29 is 24.5 Å². The molecule has 162 valence electrons. The first-order chi connectivity index (χ1) is 14.4. The summed E-state index contributed by atoms with van der Waals surface area (Å²) >= 11 is 0. The Hall–Kier alpha value is -2.45. The van der Waals surface area contributed by atoms with Gasteiger partial charge in [-0.15, -0.1) is 0 Å². The minimum Gasteiger partial charge on any atom is -0.477 e. The maximum absolute atomic E-state index is 15.3. The van der Waals surface area contributed by atoms with Crippen molar-refractivity contribution in [3.8, 4) is 0 Å². The number of fused-ring (bicyclic) bond motifs is 1. The Labute approximate surface area is 173 Å². The van der Waals surface area contributed by atoms with E-state index in [1.54, 1.807) is 6.92 Å². The number of aromatic nitrogens is 1. The van der Waals surface area contributed by atoms with E-state index in [-0.39, 0.29) is 42.0 Å². The van der Waals surface area contributed by atoms with E-state index in [9.17, 15) is 24.9 Å². The zero-order valence-corrected chi connectivity index (χ0v) is 17.0. The number of aliphatic hydroxyl groups excluding tert-OH is 2. The first kappa shape index (κ1) is 20.8. The zero-order valence-electron chi connectivity index (χ0n) is 17.0. The van der Waals surface area contributed by atoms with Gasteiger partial charge in [0, 0.05) is 43.9 Å². The first-order valence-electron chi connectivity index (χ1n) is 10.4. The Bertz CT molecular complexity index is 1030. The van der Waals surface area contributed by atoms with Crippen LogP contribution in [0.4, 0.5) is 10.1 Å². The summed E-state index contributed by atoms with van der Waals surface area (Å²) in [6.45, 7) is 2.99. The molecule has 2 fully saturated rings. The van der Waals surface area contributed by atoms with E-state index in [4.69, 9.17) is 0 Å². The quantitative estimate of drug-likeness (QED) is 0.638. The van der Waals surface area contributed by atoms with Crippen LogP contribution in [0.15, 0.2) is 17.1 Å². The molecule has 30 heavy (non-hydrogen) atoms. The molecular formula is C22H27FN2O5. The number of hydrogen-bond donors (Lipinski definition) is 3. The molecule has 2 atom stereocenters. The van der Waals surface area contributed by atoms with Crippen molar-refractivity contribution in [3.05, 3.63) is 39.4 Å². The summed E-state index contributed by atoms with van der Waals surface area (Å²) in [5.41, 5.74) is 0.628. The van der Waals surface area contributed by atoms with E-state index in [1.807, 2.05) is 9.47 Å². The summed E-state index contributed by atoms with van der Waals surface area (Å²) in [6, 6.07) is 1.29. The molecule has 1 unspecified atom stereocenters. The fourth-order valence-electron chi connectivity index (χ4n) is 4.96. The van der Waals surface area contributed by atoms with Crippen LogP contribution in [0.1, 0.15) is 47.6 Å². The Morgan fingerprint density at radius 1 is 1.17 bits per heavy atom. The number of carboxylic acids is 1. The van der Waals surface area contributed by atoms with E-state index in [0.717, 1.165) is 12.8 Å². The standard InChI is InChI=1S/C22H27FN2O5/c1-12-19-16(21(28)17(22(29)30)11-25(19)15-2-3-15)8-18(23)20(12)24-9-13(4-6-26)14(10-24)5-7-27/h8,11,13-15,26-27H,2-7,9-10H2,1H3,(H,29,30)/t13-,14?/m0/s1. The summed E-state index contributed by atoms with van der Waals surface area (Å²) in [5, 5.41) is 28.3. The third-order valence-electron chi connectivity index (χ3n) is 6.54. The van der Waals surface area contributed by atoms with Crippen molar-refractivity contribution in [1.82, 2.24) is 4.57 Å². The van der Waals surface area contributed by atoms with Crippen molar-refractivity contribution in [2.45, 2.75) is 38.6 Å². The first-order valence-corrected chi connectivity index (χ1v) is 10.4. The van der Waals surface area contributed by atoms with E-state index in [1.165, 1.54) is 12.3 Å². The molecule has 4 rings (SSSR count). The number of carbonyl (C=O) groups is 1. The molecule has 0 bridgehead atoms. The van der Waals surface area contributed by atoms with Crippen LogP contribution in [-0.4, -0.2) is 52.2 Å². The van der Waals surface area contributed by atoms with Crippen LogP contribution in [0.3, 0.4) is 0 Å². The highest BCUT2D eigenvalue weighted by Gasteiger charge is 2.35. The number of aromatic carboxylic acids is 1. The molecule has 0 radical (unpaired) electrons. The number of hydrogen-bond acceptors (Lipinski definition) is 5. The number of pyridine rings is 1. The molecule has 1 aliphatic heterocycles. The van der Waals surface area contributed by atoms with Crippen LogP contribution < -0.4 is 10.3 Å². The predicted octanol–water partition coefficient (Wildman–Crippen LogP) is 2.30. The number of nitrogens with zero attached hydrogens (tertiary/aromatic N) is 2. The summed E-state index contributed by atoms with van der Waals surface area (Å²) < 4.78 is 17.1. The maximum Gasteiger partial charge on any atom is 0.341 e. The topological polar surface area (TPSA) is 103 Å². The fraction of sp³-hybridized carbons (Fsp3) is 0.545. The fourth-order valence-corrected chi connectivity index (χ4v) is 4.96. The van der Waals surface area contributed by atoms with Gasteiger partial charge in [-0.3, -0.25) is 4.79 Å². The molecule has 1 saturated heterocycles.